The van der Waals surface area contributed by atoms with Crippen LogP contribution in [-0.2, 0) is 6.42 Å². The molecule has 1 aromatic carbocycles. The fourth-order valence-corrected chi connectivity index (χ4v) is 3.20. The Balaban J connectivity index is 1.86. The van der Waals surface area contributed by atoms with Gasteiger partial charge in [0.25, 0.3) is 0 Å². The van der Waals surface area contributed by atoms with Crippen LogP contribution in [0, 0.1) is 0 Å². The molecule has 0 aliphatic carbocycles. The second-order valence-electron chi connectivity index (χ2n) is 4.32. The molecule has 19 heavy (non-hydrogen) atoms. The number of pyridine rings is 1. The molecule has 1 aromatic heterocycles. The van der Waals surface area contributed by atoms with E-state index in [0.717, 1.165) is 22.2 Å². The van der Waals surface area contributed by atoms with Gasteiger partial charge in [0.2, 0.25) is 0 Å². The minimum absolute atomic E-state index is 0.103. The van der Waals surface area contributed by atoms with Gasteiger partial charge in [0, 0.05) is 27.4 Å². The van der Waals surface area contributed by atoms with Crippen LogP contribution in [0.2, 0.25) is 0 Å². The number of hydrogen-bond acceptors (Lipinski definition) is 4. The van der Waals surface area contributed by atoms with Crippen LogP contribution in [0.4, 0.5) is 5.82 Å². The monoisotopic (exact) mass is 337 g/mol. The number of aromatic nitrogens is 1. The van der Waals surface area contributed by atoms with Gasteiger partial charge in [0.05, 0.1) is 0 Å². The van der Waals surface area contributed by atoms with Crippen molar-refractivity contribution in [3.05, 3.63) is 52.6 Å². The molecular weight excluding hydrogens is 322 g/mol. The standard InChI is InChI=1S/C14H16BrN3S/c15-11-2-1-3-13(8-11)19-9-12(16)6-10-4-5-18-14(17)7-10/h1-5,7-8,12H,6,9,16H2,(H2,17,18). The Kier molecular flexibility index (Phi) is 5.24. The molecule has 0 saturated heterocycles. The molecule has 0 saturated carbocycles. The predicted octanol–water partition coefficient (Wildman–Crippen LogP) is 3.09. The summed E-state index contributed by atoms with van der Waals surface area (Å²) in [4.78, 5) is 5.20. The number of halogens is 1. The summed E-state index contributed by atoms with van der Waals surface area (Å²) in [5.41, 5.74) is 12.9. The molecular formula is C14H16BrN3S. The average molecular weight is 338 g/mol. The Bertz CT molecular complexity index is 548. The second kappa shape index (κ2) is 6.93. The summed E-state index contributed by atoms with van der Waals surface area (Å²) < 4.78 is 1.09. The molecule has 5 heteroatoms. The first-order valence-electron chi connectivity index (χ1n) is 5.98. The lowest BCUT2D eigenvalue weighted by molar-refractivity contribution is 0.748. The highest BCUT2D eigenvalue weighted by atomic mass is 79.9. The Morgan fingerprint density at radius 2 is 2.11 bits per heavy atom. The fraction of sp³-hybridized carbons (Fsp3) is 0.214. The van der Waals surface area contributed by atoms with Crippen LogP contribution >= 0.6 is 27.7 Å². The average Bonchev–Trinajstić information content (AvgIpc) is 2.36. The van der Waals surface area contributed by atoms with Crippen molar-refractivity contribution in [2.45, 2.75) is 17.4 Å². The summed E-state index contributed by atoms with van der Waals surface area (Å²) in [5.74, 6) is 1.42. The predicted molar refractivity (Wildman–Crippen MR) is 85.2 cm³/mol. The first-order valence-corrected chi connectivity index (χ1v) is 7.75. The van der Waals surface area contributed by atoms with Crippen LogP contribution in [0.5, 0.6) is 0 Å². The lowest BCUT2D eigenvalue weighted by Crippen LogP contribution is -2.25. The molecule has 0 radical (unpaired) electrons. The van der Waals surface area contributed by atoms with Gasteiger partial charge in [-0.05, 0) is 42.3 Å². The third-order valence-electron chi connectivity index (χ3n) is 2.60. The van der Waals surface area contributed by atoms with Gasteiger partial charge in [-0.25, -0.2) is 4.98 Å². The van der Waals surface area contributed by atoms with Crippen molar-refractivity contribution in [2.24, 2.45) is 5.73 Å². The first kappa shape index (κ1) is 14.4. The fourth-order valence-electron chi connectivity index (χ4n) is 1.74. The number of hydrogen-bond donors (Lipinski definition) is 2. The highest BCUT2D eigenvalue weighted by Crippen LogP contribution is 2.22. The zero-order chi connectivity index (χ0) is 13.7. The van der Waals surface area contributed by atoms with E-state index in [1.807, 2.05) is 24.3 Å². The van der Waals surface area contributed by atoms with E-state index in [9.17, 15) is 0 Å². The molecule has 3 nitrogen and oxygen atoms in total. The van der Waals surface area contributed by atoms with E-state index in [4.69, 9.17) is 11.5 Å². The lowest BCUT2D eigenvalue weighted by Gasteiger charge is -2.11. The lowest BCUT2D eigenvalue weighted by atomic mass is 10.1. The molecule has 0 bridgehead atoms. The Hall–Kier alpha value is -1.04. The molecule has 1 atom stereocenters. The van der Waals surface area contributed by atoms with E-state index >= 15 is 0 Å². The van der Waals surface area contributed by atoms with Crippen molar-refractivity contribution in [1.29, 1.82) is 0 Å². The SMILES string of the molecule is Nc1cc(CC(N)CSc2cccc(Br)c2)ccn1. The normalized spacial score (nSPS) is 12.3. The van der Waals surface area contributed by atoms with Gasteiger partial charge in [0.15, 0.2) is 0 Å². The number of thioether (sulfide) groups is 1. The molecule has 100 valence electrons. The van der Waals surface area contributed by atoms with E-state index in [1.54, 1.807) is 18.0 Å². The molecule has 0 spiro atoms. The topological polar surface area (TPSA) is 64.9 Å². The van der Waals surface area contributed by atoms with E-state index in [-0.39, 0.29) is 6.04 Å². The minimum atomic E-state index is 0.103. The maximum Gasteiger partial charge on any atom is 0.123 e. The van der Waals surface area contributed by atoms with Crippen LogP contribution < -0.4 is 11.5 Å². The Labute approximate surface area is 125 Å². The maximum atomic E-state index is 6.15. The van der Waals surface area contributed by atoms with Crippen molar-refractivity contribution in [3.8, 4) is 0 Å². The zero-order valence-electron chi connectivity index (χ0n) is 10.4. The largest absolute Gasteiger partial charge is 0.384 e. The third-order valence-corrected chi connectivity index (χ3v) is 4.28. The summed E-state index contributed by atoms with van der Waals surface area (Å²) in [6.07, 6.45) is 2.53. The van der Waals surface area contributed by atoms with Crippen molar-refractivity contribution >= 4 is 33.5 Å². The second-order valence-corrected chi connectivity index (χ2v) is 6.33. The summed E-state index contributed by atoms with van der Waals surface area (Å²) in [5, 5.41) is 0. The smallest absolute Gasteiger partial charge is 0.123 e. The van der Waals surface area contributed by atoms with Gasteiger partial charge < -0.3 is 11.5 Å². The summed E-state index contributed by atoms with van der Waals surface area (Å²) >= 11 is 5.23. The van der Waals surface area contributed by atoms with E-state index in [0.29, 0.717) is 5.82 Å². The number of nitrogens with zero attached hydrogens (tertiary/aromatic N) is 1. The Morgan fingerprint density at radius 3 is 2.84 bits per heavy atom. The number of benzene rings is 1. The molecule has 0 amide bonds. The van der Waals surface area contributed by atoms with E-state index in [1.165, 1.54) is 4.90 Å². The van der Waals surface area contributed by atoms with E-state index < -0.39 is 0 Å². The molecule has 2 rings (SSSR count). The van der Waals surface area contributed by atoms with Gasteiger partial charge in [-0.1, -0.05) is 22.0 Å². The molecule has 4 N–H and O–H groups in total. The van der Waals surface area contributed by atoms with Gasteiger partial charge in [-0.15, -0.1) is 11.8 Å². The molecule has 1 unspecified atom stereocenters. The summed E-state index contributed by atoms with van der Waals surface area (Å²) in [7, 11) is 0. The molecule has 2 aromatic rings. The van der Waals surface area contributed by atoms with Crippen LogP contribution in [0.3, 0.4) is 0 Å². The van der Waals surface area contributed by atoms with Crippen LogP contribution in [0.25, 0.3) is 0 Å². The number of nitrogens with two attached hydrogens (primary N) is 2. The maximum absolute atomic E-state index is 6.15. The number of nitrogen functional groups attached to an aromatic ring is 1. The highest BCUT2D eigenvalue weighted by molar-refractivity contribution is 9.10. The zero-order valence-corrected chi connectivity index (χ0v) is 12.8. The van der Waals surface area contributed by atoms with Crippen LogP contribution in [-0.4, -0.2) is 16.8 Å². The van der Waals surface area contributed by atoms with Crippen molar-refractivity contribution in [2.75, 3.05) is 11.5 Å². The highest BCUT2D eigenvalue weighted by Gasteiger charge is 2.06. The van der Waals surface area contributed by atoms with Crippen molar-refractivity contribution in [3.63, 3.8) is 0 Å². The Morgan fingerprint density at radius 1 is 1.26 bits per heavy atom. The molecule has 0 aliphatic heterocycles. The van der Waals surface area contributed by atoms with Crippen LogP contribution in [0.1, 0.15) is 5.56 Å². The van der Waals surface area contributed by atoms with Crippen LogP contribution in [0.15, 0.2) is 52.0 Å². The molecule has 0 aliphatic rings. The van der Waals surface area contributed by atoms with Gasteiger partial charge >= 0.3 is 0 Å². The minimum Gasteiger partial charge on any atom is -0.384 e. The van der Waals surface area contributed by atoms with Crippen molar-refractivity contribution < 1.29 is 0 Å². The first-order chi connectivity index (χ1) is 9.13. The molecule has 1 heterocycles. The van der Waals surface area contributed by atoms with Crippen molar-refractivity contribution in [1.82, 2.24) is 4.98 Å². The quantitative estimate of drug-likeness (QED) is 0.823. The summed E-state index contributed by atoms with van der Waals surface area (Å²) in [6, 6.07) is 12.2. The number of anilines is 1. The summed E-state index contributed by atoms with van der Waals surface area (Å²) in [6.45, 7) is 0. The number of rotatable bonds is 5. The van der Waals surface area contributed by atoms with Gasteiger partial charge in [0.1, 0.15) is 5.82 Å². The molecule has 0 fully saturated rings. The van der Waals surface area contributed by atoms with Gasteiger partial charge in [-0.2, -0.15) is 0 Å². The third kappa shape index (κ3) is 4.86. The van der Waals surface area contributed by atoms with Gasteiger partial charge in [-0.3, -0.25) is 0 Å². The van der Waals surface area contributed by atoms with E-state index in [2.05, 4.69) is 33.0 Å².